The molecule has 0 aliphatic heterocycles. The molecule has 20 heavy (non-hydrogen) atoms. The SMILES string of the molecule is C#CCOS(=O)OCCCCCCCCCCCCC. The molecule has 4 heteroatoms. The fourth-order valence-electron chi connectivity index (χ4n) is 2.01. The first-order valence-corrected chi connectivity index (χ1v) is 8.93. The van der Waals surface area contributed by atoms with Crippen LogP contribution in [-0.4, -0.2) is 17.4 Å². The molecule has 0 saturated carbocycles. The lowest BCUT2D eigenvalue weighted by atomic mass is 10.1. The third-order valence-electron chi connectivity index (χ3n) is 3.17. The molecule has 1 unspecified atom stereocenters. The largest absolute Gasteiger partial charge is 0.305 e. The molecule has 0 spiro atoms. The van der Waals surface area contributed by atoms with E-state index in [1.54, 1.807) is 0 Å². The van der Waals surface area contributed by atoms with E-state index in [9.17, 15) is 4.21 Å². The van der Waals surface area contributed by atoms with Crippen LogP contribution >= 0.6 is 0 Å². The summed E-state index contributed by atoms with van der Waals surface area (Å²) in [5.74, 6) is 2.25. The molecule has 0 aliphatic carbocycles. The van der Waals surface area contributed by atoms with Gasteiger partial charge < -0.3 is 0 Å². The van der Waals surface area contributed by atoms with Crippen LogP contribution in [0.5, 0.6) is 0 Å². The van der Waals surface area contributed by atoms with Crippen LogP contribution in [0.2, 0.25) is 0 Å². The Hall–Kier alpha value is -0.370. The molecule has 0 bridgehead atoms. The number of hydrogen-bond acceptors (Lipinski definition) is 3. The molecule has 3 nitrogen and oxygen atoms in total. The molecule has 0 heterocycles. The summed E-state index contributed by atoms with van der Waals surface area (Å²) >= 11 is -1.68. The quantitative estimate of drug-likeness (QED) is 0.329. The lowest BCUT2D eigenvalue weighted by Gasteiger charge is -2.03. The highest BCUT2D eigenvalue weighted by atomic mass is 32.2. The van der Waals surface area contributed by atoms with Crippen LogP contribution in [0, 0.1) is 12.3 Å². The molecule has 0 saturated heterocycles. The second-order valence-corrected chi connectivity index (χ2v) is 5.91. The average molecular weight is 302 g/mol. The van der Waals surface area contributed by atoms with Gasteiger partial charge in [-0.15, -0.1) is 6.42 Å². The molecule has 0 fully saturated rings. The Morgan fingerprint density at radius 2 is 1.35 bits per heavy atom. The van der Waals surface area contributed by atoms with Crippen molar-refractivity contribution in [1.29, 1.82) is 0 Å². The van der Waals surface area contributed by atoms with E-state index >= 15 is 0 Å². The van der Waals surface area contributed by atoms with Crippen molar-refractivity contribution >= 4 is 11.4 Å². The molecule has 0 N–H and O–H groups in total. The van der Waals surface area contributed by atoms with Gasteiger partial charge in [0.1, 0.15) is 6.61 Å². The second-order valence-electron chi connectivity index (χ2n) is 5.03. The molecule has 0 rings (SSSR count). The lowest BCUT2D eigenvalue weighted by molar-refractivity contribution is 0.262. The summed E-state index contributed by atoms with van der Waals surface area (Å²) in [6.07, 6.45) is 19.1. The minimum absolute atomic E-state index is 0.0326. The first-order valence-electron chi connectivity index (χ1n) is 7.93. The van der Waals surface area contributed by atoms with Crippen LogP contribution in [0.3, 0.4) is 0 Å². The Kier molecular flexibility index (Phi) is 16.4. The summed E-state index contributed by atoms with van der Waals surface area (Å²) < 4.78 is 20.7. The van der Waals surface area contributed by atoms with Gasteiger partial charge in [0.2, 0.25) is 0 Å². The summed E-state index contributed by atoms with van der Waals surface area (Å²) in [6.45, 7) is 2.76. The fraction of sp³-hybridized carbons (Fsp3) is 0.875. The van der Waals surface area contributed by atoms with Gasteiger partial charge in [0.05, 0.1) is 6.61 Å². The standard InChI is InChI=1S/C16H30O3S/c1-3-5-6-7-8-9-10-11-12-13-14-16-19-20(17)18-15-4-2/h2H,3,5-16H2,1H3. The Bertz CT molecular complexity index is 261. The van der Waals surface area contributed by atoms with Gasteiger partial charge in [-0.1, -0.05) is 77.1 Å². The molecule has 0 aromatic carbocycles. The molecule has 0 radical (unpaired) electrons. The predicted octanol–water partition coefficient (Wildman–Crippen LogP) is 4.54. The molecule has 0 aromatic heterocycles. The van der Waals surface area contributed by atoms with E-state index in [0.29, 0.717) is 6.61 Å². The van der Waals surface area contributed by atoms with E-state index in [1.807, 2.05) is 0 Å². The van der Waals surface area contributed by atoms with Crippen molar-refractivity contribution in [1.82, 2.24) is 0 Å². The smallest absolute Gasteiger partial charge is 0.268 e. The fourth-order valence-corrected chi connectivity index (χ4v) is 2.50. The number of terminal acetylenes is 1. The summed E-state index contributed by atoms with van der Waals surface area (Å²) in [5, 5.41) is 0. The van der Waals surface area contributed by atoms with Crippen LogP contribution < -0.4 is 0 Å². The molecule has 0 amide bonds. The van der Waals surface area contributed by atoms with Crippen molar-refractivity contribution < 1.29 is 12.6 Å². The topological polar surface area (TPSA) is 35.5 Å². The van der Waals surface area contributed by atoms with E-state index in [-0.39, 0.29) is 6.61 Å². The highest BCUT2D eigenvalue weighted by Crippen LogP contribution is 2.11. The van der Waals surface area contributed by atoms with Crippen molar-refractivity contribution in [3.8, 4) is 12.3 Å². The second kappa shape index (κ2) is 16.7. The van der Waals surface area contributed by atoms with Crippen molar-refractivity contribution in [2.45, 2.75) is 77.6 Å². The maximum absolute atomic E-state index is 11.1. The molecule has 0 aliphatic rings. The van der Waals surface area contributed by atoms with Gasteiger partial charge in [0, 0.05) is 0 Å². The van der Waals surface area contributed by atoms with E-state index in [1.165, 1.54) is 57.8 Å². The summed E-state index contributed by atoms with van der Waals surface area (Å²) in [6, 6.07) is 0. The van der Waals surface area contributed by atoms with Gasteiger partial charge in [-0.25, -0.2) is 0 Å². The normalized spacial score (nSPS) is 12.2. The van der Waals surface area contributed by atoms with Crippen LogP contribution in [0.15, 0.2) is 0 Å². The van der Waals surface area contributed by atoms with Gasteiger partial charge in [0.25, 0.3) is 0 Å². The molecular weight excluding hydrogens is 272 g/mol. The van der Waals surface area contributed by atoms with Gasteiger partial charge in [0.15, 0.2) is 0 Å². The van der Waals surface area contributed by atoms with Crippen molar-refractivity contribution in [3.05, 3.63) is 0 Å². The molecule has 118 valence electrons. The van der Waals surface area contributed by atoms with Crippen LogP contribution in [0.1, 0.15) is 77.6 Å². The number of unbranched alkanes of at least 4 members (excludes halogenated alkanes) is 10. The Balaban J connectivity index is 3.06. The van der Waals surface area contributed by atoms with Crippen molar-refractivity contribution in [2.24, 2.45) is 0 Å². The highest BCUT2D eigenvalue weighted by molar-refractivity contribution is 7.75. The molecule has 1 atom stereocenters. The van der Waals surface area contributed by atoms with Gasteiger partial charge in [-0.05, 0) is 6.42 Å². The van der Waals surface area contributed by atoms with Crippen LogP contribution in [0.25, 0.3) is 0 Å². The monoisotopic (exact) mass is 302 g/mol. The number of hydrogen-bond donors (Lipinski definition) is 0. The predicted molar refractivity (Wildman–Crippen MR) is 85.3 cm³/mol. The van der Waals surface area contributed by atoms with E-state index in [2.05, 4.69) is 12.8 Å². The van der Waals surface area contributed by atoms with Crippen LogP contribution in [-0.2, 0) is 19.7 Å². The lowest BCUT2D eigenvalue weighted by Crippen LogP contribution is -2.03. The summed E-state index contributed by atoms with van der Waals surface area (Å²) in [4.78, 5) is 0. The Labute approximate surface area is 127 Å². The van der Waals surface area contributed by atoms with E-state index in [0.717, 1.165) is 12.8 Å². The average Bonchev–Trinajstić information content (AvgIpc) is 2.46. The van der Waals surface area contributed by atoms with E-state index in [4.69, 9.17) is 14.8 Å². The Morgan fingerprint density at radius 3 is 1.85 bits per heavy atom. The molecule has 0 aromatic rings. The van der Waals surface area contributed by atoms with Gasteiger partial charge >= 0.3 is 11.4 Å². The first-order chi connectivity index (χ1) is 9.81. The Morgan fingerprint density at radius 1 is 0.850 bits per heavy atom. The third kappa shape index (κ3) is 15.7. The number of rotatable bonds is 15. The minimum atomic E-state index is -1.68. The molecular formula is C16H30O3S. The third-order valence-corrected chi connectivity index (χ3v) is 3.84. The van der Waals surface area contributed by atoms with Crippen molar-refractivity contribution in [3.63, 3.8) is 0 Å². The zero-order valence-electron chi connectivity index (χ0n) is 12.9. The maximum Gasteiger partial charge on any atom is 0.305 e. The van der Waals surface area contributed by atoms with Gasteiger partial charge in [-0.2, -0.15) is 4.21 Å². The maximum atomic E-state index is 11.1. The zero-order valence-corrected chi connectivity index (χ0v) is 13.7. The van der Waals surface area contributed by atoms with Gasteiger partial charge in [-0.3, -0.25) is 8.37 Å². The van der Waals surface area contributed by atoms with Crippen molar-refractivity contribution in [2.75, 3.05) is 13.2 Å². The zero-order chi connectivity index (χ0) is 14.9. The minimum Gasteiger partial charge on any atom is -0.268 e. The highest BCUT2D eigenvalue weighted by Gasteiger charge is 1.99. The van der Waals surface area contributed by atoms with Crippen LogP contribution in [0.4, 0.5) is 0 Å². The summed E-state index contributed by atoms with van der Waals surface area (Å²) in [5.41, 5.74) is 0. The first kappa shape index (κ1) is 19.6. The summed E-state index contributed by atoms with van der Waals surface area (Å²) in [7, 11) is 0. The van der Waals surface area contributed by atoms with E-state index < -0.39 is 11.4 Å².